The smallest absolute Gasteiger partial charge is 0.123 e. The maximum absolute atomic E-state index is 5.89. The molecule has 78 valence electrons. The van der Waals surface area contributed by atoms with E-state index in [2.05, 4.69) is 5.43 Å². The molecule has 0 aliphatic rings. The topological polar surface area (TPSA) is 24.5 Å². The number of methoxy groups -OCH3 is 1. The zero-order chi connectivity index (χ0) is 10.6. The molecule has 0 heterocycles. The number of hydrazine groups is 1. The molecule has 0 saturated carbocycles. The molecule has 0 aliphatic heterocycles. The van der Waals surface area contributed by atoms with Crippen LogP contribution >= 0.6 is 11.6 Å². The summed E-state index contributed by atoms with van der Waals surface area (Å²) in [5, 5.41) is 2.61. The maximum Gasteiger partial charge on any atom is 0.123 e. The Bertz CT molecular complexity index is 302. The van der Waals surface area contributed by atoms with Gasteiger partial charge >= 0.3 is 0 Å². The Morgan fingerprint density at radius 3 is 2.71 bits per heavy atom. The van der Waals surface area contributed by atoms with Crippen LogP contribution < -0.4 is 10.2 Å². The van der Waals surface area contributed by atoms with Crippen LogP contribution in [-0.2, 0) is 6.54 Å². The van der Waals surface area contributed by atoms with E-state index >= 15 is 0 Å². The molecule has 0 saturated heterocycles. The van der Waals surface area contributed by atoms with Gasteiger partial charge in [-0.25, -0.2) is 0 Å². The Kier molecular flexibility index (Phi) is 4.20. The van der Waals surface area contributed by atoms with Crippen LogP contribution in [0.3, 0.4) is 0 Å². The third-order valence-electron chi connectivity index (χ3n) is 1.83. The molecule has 1 N–H and O–H groups in total. The van der Waals surface area contributed by atoms with Crippen LogP contribution in [0.25, 0.3) is 0 Å². The fourth-order valence-electron chi connectivity index (χ4n) is 1.13. The minimum Gasteiger partial charge on any atom is -0.496 e. The predicted molar refractivity (Wildman–Crippen MR) is 58.5 cm³/mol. The van der Waals surface area contributed by atoms with Crippen molar-refractivity contribution in [1.29, 1.82) is 0 Å². The molecule has 1 aromatic carbocycles. The van der Waals surface area contributed by atoms with Crippen LogP contribution in [0.2, 0.25) is 5.02 Å². The van der Waals surface area contributed by atoms with E-state index in [9.17, 15) is 0 Å². The van der Waals surface area contributed by atoms with Gasteiger partial charge in [0.2, 0.25) is 0 Å². The van der Waals surface area contributed by atoms with Gasteiger partial charge in [0.15, 0.2) is 0 Å². The summed E-state index contributed by atoms with van der Waals surface area (Å²) >= 11 is 5.89. The van der Waals surface area contributed by atoms with Crippen molar-refractivity contribution in [3.63, 3.8) is 0 Å². The van der Waals surface area contributed by atoms with Crippen molar-refractivity contribution in [3.05, 3.63) is 28.8 Å². The fourth-order valence-corrected chi connectivity index (χ4v) is 1.32. The maximum atomic E-state index is 5.89. The fraction of sp³-hybridized carbons (Fsp3) is 0.400. The van der Waals surface area contributed by atoms with E-state index in [1.807, 2.05) is 37.3 Å². The third kappa shape index (κ3) is 3.18. The Morgan fingerprint density at radius 2 is 2.14 bits per heavy atom. The Morgan fingerprint density at radius 1 is 1.43 bits per heavy atom. The van der Waals surface area contributed by atoms with Crippen molar-refractivity contribution in [2.24, 2.45) is 0 Å². The van der Waals surface area contributed by atoms with Gasteiger partial charge in [-0.05, 0) is 18.2 Å². The zero-order valence-corrected chi connectivity index (χ0v) is 9.43. The second kappa shape index (κ2) is 5.20. The van der Waals surface area contributed by atoms with Crippen LogP contribution in [0, 0.1) is 0 Å². The van der Waals surface area contributed by atoms with Gasteiger partial charge in [-0.2, -0.15) is 0 Å². The first-order valence-corrected chi connectivity index (χ1v) is 4.74. The lowest BCUT2D eigenvalue weighted by Gasteiger charge is -2.14. The van der Waals surface area contributed by atoms with Gasteiger partial charge in [-0.1, -0.05) is 11.6 Å². The number of rotatable bonds is 4. The lowest BCUT2D eigenvalue weighted by atomic mass is 10.2. The first-order valence-electron chi connectivity index (χ1n) is 4.36. The summed E-state index contributed by atoms with van der Waals surface area (Å²) in [6.07, 6.45) is 0. The molecule has 0 bridgehead atoms. The highest BCUT2D eigenvalue weighted by atomic mass is 35.5. The van der Waals surface area contributed by atoms with Gasteiger partial charge in [0.1, 0.15) is 5.75 Å². The molecular formula is C10H15ClN2O. The molecule has 0 unspecified atom stereocenters. The first kappa shape index (κ1) is 11.3. The lowest BCUT2D eigenvalue weighted by molar-refractivity contribution is 0.283. The predicted octanol–water partition coefficient (Wildman–Crippen LogP) is 1.91. The molecule has 14 heavy (non-hydrogen) atoms. The highest BCUT2D eigenvalue weighted by Gasteiger charge is 2.03. The number of nitrogens with one attached hydrogen (secondary N) is 1. The molecule has 3 nitrogen and oxygen atoms in total. The molecule has 0 aliphatic carbocycles. The number of ether oxygens (including phenoxy) is 1. The summed E-state index contributed by atoms with van der Waals surface area (Å²) in [6.45, 7) is 0.705. The van der Waals surface area contributed by atoms with E-state index < -0.39 is 0 Å². The lowest BCUT2D eigenvalue weighted by Crippen LogP contribution is -2.29. The van der Waals surface area contributed by atoms with Gasteiger partial charge < -0.3 is 4.74 Å². The van der Waals surface area contributed by atoms with Crippen molar-refractivity contribution in [2.75, 3.05) is 21.2 Å². The summed E-state index contributed by atoms with van der Waals surface area (Å²) < 4.78 is 5.22. The standard InChI is InChI=1S/C10H15ClN2O/c1-13(2)12-7-8-6-9(11)4-5-10(8)14-3/h4-6,12H,7H2,1-3H3. The van der Waals surface area contributed by atoms with Gasteiger partial charge in [-0.15, -0.1) is 0 Å². The van der Waals surface area contributed by atoms with Gasteiger partial charge in [0.25, 0.3) is 0 Å². The molecule has 0 aromatic heterocycles. The zero-order valence-electron chi connectivity index (χ0n) is 8.67. The van der Waals surface area contributed by atoms with Crippen molar-refractivity contribution < 1.29 is 4.74 Å². The van der Waals surface area contributed by atoms with Gasteiger partial charge in [-0.3, -0.25) is 10.4 Å². The molecule has 4 heteroatoms. The molecule has 1 rings (SSSR count). The number of nitrogens with zero attached hydrogens (tertiary/aromatic N) is 1. The van der Waals surface area contributed by atoms with E-state index in [4.69, 9.17) is 16.3 Å². The summed E-state index contributed by atoms with van der Waals surface area (Å²) in [6, 6.07) is 5.59. The first-order chi connectivity index (χ1) is 6.63. The van der Waals surface area contributed by atoms with Crippen LogP contribution in [0.5, 0.6) is 5.75 Å². The molecule has 0 fully saturated rings. The largest absolute Gasteiger partial charge is 0.496 e. The number of hydrogen-bond donors (Lipinski definition) is 1. The molecule has 0 atom stereocenters. The van der Waals surface area contributed by atoms with E-state index in [0.29, 0.717) is 6.54 Å². The highest BCUT2D eigenvalue weighted by molar-refractivity contribution is 6.30. The molecule has 1 aromatic rings. The second-order valence-corrected chi connectivity index (χ2v) is 3.62. The van der Waals surface area contributed by atoms with Crippen LogP contribution in [0.1, 0.15) is 5.56 Å². The van der Waals surface area contributed by atoms with Gasteiger partial charge in [0.05, 0.1) is 7.11 Å². The van der Waals surface area contributed by atoms with Crippen molar-refractivity contribution in [3.8, 4) is 5.75 Å². The van der Waals surface area contributed by atoms with Crippen LogP contribution in [0.4, 0.5) is 0 Å². The second-order valence-electron chi connectivity index (χ2n) is 3.19. The molecule has 0 amide bonds. The Hall–Kier alpha value is -0.770. The van der Waals surface area contributed by atoms with Crippen LogP contribution in [-0.4, -0.2) is 26.2 Å². The number of hydrogen-bond acceptors (Lipinski definition) is 3. The molecule has 0 spiro atoms. The van der Waals surface area contributed by atoms with E-state index in [1.165, 1.54) is 0 Å². The minimum atomic E-state index is 0.705. The van der Waals surface area contributed by atoms with E-state index in [0.717, 1.165) is 16.3 Å². The van der Waals surface area contributed by atoms with Crippen molar-refractivity contribution >= 4 is 11.6 Å². The summed E-state index contributed by atoms with van der Waals surface area (Å²) in [5.41, 5.74) is 4.21. The normalized spacial score (nSPS) is 10.6. The number of halogens is 1. The highest BCUT2D eigenvalue weighted by Crippen LogP contribution is 2.22. The van der Waals surface area contributed by atoms with E-state index in [1.54, 1.807) is 7.11 Å². The summed E-state index contributed by atoms with van der Waals surface area (Å²) in [7, 11) is 5.54. The summed E-state index contributed by atoms with van der Waals surface area (Å²) in [5.74, 6) is 0.851. The number of benzene rings is 1. The average Bonchev–Trinajstić information content (AvgIpc) is 2.15. The van der Waals surface area contributed by atoms with Crippen molar-refractivity contribution in [1.82, 2.24) is 10.4 Å². The minimum absolute atomic E-state index is 0.705. The Balaban J connectivity index is 2.77. The molecule has 0 radical (unpaired) electrons. The monoisotopic (exact) mass is 214 g/mol. The molecular weight excluding hydrogens is 200 g/mol. The summed E-state index contributed by atoms with van der Waals surface area (Å²) in [4.78, 5) is 0. The van der Waals surface area contributed by atoms with E-state index in [-0.39, 0.29) is 0 Å². The Labute approximate surface area is 89.6 Å². The third-order valence-corrected chi connectivity index (χ3v) is 2.06. The van der Waals surface area contributed by atoms with Gasteiger partial charge in [0, 0.05) is 31.2 Å². The quantitative estimate of drug-likeness (QED) is 0.776. The average molecular weight is 215 g/mol. The van der Waals surface area contributed by atoms with Crippen molar-refractivity contribution in [2.45, 2.75) is 6.54 Å². The van der Waals surface area contributed by atoms with Crippen LogP contribution in [0.15, 0.2) is 18.2 Å². The SMILES string of the molecule is COc1ccc(Cl)cc1CNN(C)C.